The topological polar surface area (TPSA) is 116 Å². The first kappa shape index (κ1) is 29.2. The molecule has 12 nitrogen and oxygen atoms in total. The summed E-state index contributed by atoms with van der Waals surface area (Å²) in [5.41, 5.74) is 2.87. The lowest BCUT2D eigenvalue weighted by Crippen LogP contribution is -2.54. The molecular formula is C32H37N7O5. The van der Waals surface area contributed by atoms with E-state index in [1.54, 1.807) is 31.3 Å². The van der Waals surface area contributed by atoms with E-state index in [0.717, 1.165) is 47.2 Å². The Balaban J connectivity index is 1.20. The highest BCUT2D eigenvalue weighted by atomic mass is 16.6. The number of nitrogens with zero attached hydrogens (tertiary/aromatic N) is 6. The second kappa shape index (κ2) is 13.2. The van der Waals surface area contributed by atoms with Crippen molar-refractivity contribution in [1.29, 1.82) is 0 Å². The average molecular weight is 600 g/mol. The Morgan fingerprint density at radius 1 is 0.977 bits per heavy atom. The number of piperazine rings is 1. The number of rotatable bonds is 10. The van der Waals surface area contributed by atoms with E-state index in [2.05, 4.69) is 37.2 Å². The second-order valence-corrected chi connectivity index (χ2v) is 10.9. The number of imidazole rings is 1. The molecule has 12 heteroatoms. The summed E-state index contributed by atoms with van der Waals surface area (Å²) in [6.45, 7) is 6.34. The van der Waals surface area contributed by atoms with Gasteiger partial charge in [0.25, 0.3) is 0 Å². The minimum absolute atomic E-state index is 0.0522. The fourth-order valence-electron chi connectivity index (χ4n) is 5.62. The van der Waals surface area contributed by atoms with Crippen molar-refractivity contribution in [3.63, 3.8) is 0 Å². The summed E-state index contributed by atoms with van der Waals surface area (Å²) in [6.07, 6.45) is 5.50. The molecule has 1 saturated heterocycles. The predicted octanol–water partition coefficient (Wildman–Crippen LogP) is 3.16. The summed E-state index contributed by atoms with van der Waals surface area (Å²) in [7, 11) is 3.22. The zero-order valence-corrected chi connectivity index (χ0v) is 25.2. The second-order valence-electron chi connectivity index (χ2n) is 10.9. The number of aryl methyl sites for hydroxylation is 1. The van der Waals surface area contributed by atoms with Crippen LogP contribution in [0.1, 0.15) is 23.2 Å². The van der Waals surface area contributed by atoms with Crippen molar-refractivity contribution in [3.8, 4) is 28.9 Å². The van der Waals surface area contributed by atoms with Gasteiger partial charge in [-0.25, -0.2) is 9.97 Å². The lowest BCUT2D eigenvalue weighted by molar-refractivity contribution is -0.121. The molecule has 1 N–H and O–H groups in total. The highest BCUT2D eigenvalue weighted by Crippen LogP contribution is 2.32. The number of amides is 1. The van der Waals surface area contributed by atoms with Crippen LogP contribution in [0.3, 0.4) is 0 Å². The van der Waals surface area contributed by atoms with E-state index < -0.39 is 0 Å². The average Bonchev–Trinajstić information content (AvgIpc) is 3.59. The van der Waals surface area contributed by atoms with E-state index in [9.17, 15) is 4.79 Å². The Bertz CT molecular complexity index is 1570. The standard InChI is InChI=1S/C32H37N7O5/c1-22-12-30(36-32(35-22)38-7-6-33-21-38)39-9-8-37(19-23-4-5-28-29(15-23)44-11-10-43-28)20-25(39)16-31(40)34-18-24-13-26(41-2)17-27(14-24)42-3/h4-7,12-15,17,21,25H,8-11,16,18-20H2,1-3H3,(H,34,40). The normalized spacial score (nSPS) is 16.4. The highest BCUT2D eigenvalue weighted by molar-refractivity contribution is 5.77. The fourth-order valence-corrected chi connectivity index (χ4v) is 5.62. The van der Waals surface area contributed by atoms with Crippen LogP contribution in [-0.4, -0.2) is 83.4 Å². The Labute approximate surface area is 256 Å². The number of carbonyl (C=O) groups is 1. The van der Waals surface area contributed by atoms with Crippen molar-refractivity contribution in [1.82, 2.24) is 29.7 Å². The molecule has 2 aromatic heterocycles. The summed E-state index contributed by atoms with van der Waals surface area (Å²) < 4.78 is 24.1. The van der Waals surface area contributed by atoms with Crippen LogP contribution < -0.4 is 29.2 Å². The van der Waals surface area contributed by atoms with Crippen molar-refractivity contribution in [2.45, 2.75) is 32.5 Å². The van der Waals surface area contributed by atoms with Gasteiger partial charge in [0.05, 0.1) is 20.3 Å². The van der Waals surface area contributed by atoms with Crippen molar-refractivity contribution in [2.24, 2.45) is 0 Å². The van der Waals surface area contributed by atoms with Gasteiger partial charge in [-0.15, -0.1) is 0 Å². The van der Waals surface area contributed by atoms with Gasteiger partial charge < -0.3 is 29.2 Å². The number of methoxy groups -OCH3 is 2. The largest absolute Gasteiger partial charge is 0.497 e. The van der Waals surface area contributed by atoms with Crippen molar-refractivity contribution in [2.75, 3.05) is 52.0 Å². The number of nitrogens with one attached hydrogen (secondary N) is 1. The zero-order valence-electron chi connectivity index (χ0n) is 25.2. The molecule has 0 saturated carbocycles. The minimum Gasteiger partial charge on any atom is -0.497 e. The van der Waals surface area contributed by atoms with E-state index >= 15 is 0 Å². The van der Waals surface area contributed by atoms with Crippen molar-refractivity contribution in [3.05, 3.63) is 78.0 Å². The number of anilines is 1. The SMILES string of the molecule is COc1cc(CNC(=O)CC2CN(Cc3ccc4c(c3)OCCO4)CCN2c2cc(C)nc(-n3ccnc3)n2)cc(OC)c1. The van der Waals surface area contributed by atoms with Gasteiger partial charge in [-0.05, 0) is 42.3 Å². The molecule has 44 heavy (non-hydrogen) atoms. The monoisotopic (exact) mass is 599 g/mol. The van der Waals surface area contributed by atoms with Gasteiger partial charge >= 0.3 is 0 Å². The Morgan fingerprint density at radius 2 is 1.77 bits per heavy atom. The molecular weight excluding hydrogens is 562 g/mol. The molecule has 4 heterocycles. The van der Waals surface area contributed by atoms with Gasteiger partial charge in [-0.3, -0.25) is 14.3 Å². The predicted molar refractivity (Wildman–Crippen MR) is 164 cm³/mol. The van der Waals surface area contributed by atoms with Crippen LogP contribution in [0.4, 0.5) is 5.82 Å². The number of hydrogen-bond acceptors (Lipinski definition) is 10. The molecule has 0 radical (unpaired) electrons. The quantitative estimate of drug-likeness (QED) is 0.291. The molecule has 4 aromatic rings. The van der Waals surface area contributed by atoms with Gasteiger partial charge in [-0.1, -0.05) is 6.07 Å². The van der Waals surface area contributed by atoms with Crippen molar-refractivity contribution < 1.29 is 23.7 Å². The maximum atomic E-state index is 13.4. The van der Waals surface area contributed by atoms with Crippen LogP contribution in [-0.2, 0) is 17.9 Å². The number of hydrogen-bond donors (Lipinski definition) is 1. The molecule has 1 atom stereocenters. The molecule has 1 amide bonds. The third-order valence-electron chi connectivity index (χ3n) is 7.76. The summed E-state index contributed by atoms with van der Waals surface area (Å²) in [5, 5.41) is 3.09. The lowest BCUT2D eigenvalue weighted by atomic mass is 10.1. The van der Waals surface area contributed by atoms with E-state index in [1.165, 1.54) is 0 Å². The van der Waals surface area contributed by atoms with Crippen LogP contribution in [0.15, 0.2) is 61.2 Å². The van der Waals surface area contributed by atoms with E-state index in [0.29, 0.717) is 56.7 Å². The minimum atomic E-state index is -0.120. The maximum absolute atomic E-state index is 13.4. The first-order valence-corrected chi connectivity index (χ1v) is 14.7. The summed E-state index contributed by atoms with van der Waals surface area (Å²) >= 11 is 0. The molecule has 0 spiro atoms. The van der Waals surface area contributed by atoms with Crippen LogP contribution in [0.25, 0.3) is 5.95 Å². The maximum Gasteiger partial charge on any atom is 0.237 e. The highest BCUT2D eigenvalue weighted by Gasteiger charge is 2.31. The lowest BCUT2D eigenvalue weighted by Gasteiger charge is -2.42. The molecule has 6 rings (SSSR count). The van der Waals surface area contributed by atoms with E-state index in [1.807, 2.05) is 43.5 Å². The van der Waals surface area contributed by atoms with Crippen LogP contribution in [0.2, 0.25) is 0 Å². The number of benzene rings is 2. The number of ether oxygens (including phenoxy) is 4. The summed E-state index contributed by atoms with van der Waals surface area (Å²) in [6, 6.07) is 13.6. The molecule has 0 aliphatic carbocycles. The van der Waals surface area contributed by atoms with Crippen LogP contribution in [0, 0.1) is 6.92 Å². The van der Waals surface area contributed by atoms with Gasteiger partial charge in [0.15, 0.2) is 11.5 Å². The number of aromatic nitrogens is 4. The first-order chi connectivity index (χ1) is 21.5. The van der Waals surface area contributed by atoms with Crippen molar-refractivity contribution >= 4 is 11.7 Å². The molecule has 230 valence electrons. The van der Waals surface area contributed by atoms with Gasteiger partial charge in [0.2, 0.25) is 11.9 Å². The van der Waals surface area contributed by atoms with Crippen LogP contribution >= 0.6 is 0 Å². The van der Waals surface area contributed by atoms with E-state index in [4.69, 9.17) is 23.9 Å². The smallest absolute Gasteiger partial charge is 0.237 e. The molecule has 2 aromatic carbocycles. The molecule has 2 aliphatic rings. The Kier molecular flexibility index (Phi) is 8.78. The number of fused-ring (bicyclic) bond motifs is 1. The van der Waals surface area contributed by atoms with Gasteiger partial charge in [0.1, 0.15) is 36.9 Å². The Hall–Kier alpha value is -4.84. The summed E-state index contributed by atoms with van der Waals surface area (Å²) in [4.78, 5) is 31.6. The fraction of sp³-hybridized carbons (Fsp3) is 0.375. The molecule has 0 bridgehead atoms. The number of carbonyl (C=O) groups excluding carboxylic acids is 1. The summed E-state index contributed by atoms with van der Waals surface area (Å²) in [5.74, 6) is 4.19. The third kappa shape index (κ3) is 6.86. The molecule has 1 unspecified atom stereocenters. The van der Waals surface area contributed by atoms with Gasteiger partial charge in [0, 0.05) is 69.4 Å². The third-order valence-corrected chi connectivity index (χ3v) is 7.76. The van der Waals surface area contributed by atoms with Gasteiger partial charge in [-0.2, -0.15) is 4.98 Å². The first-order valence-electron chi connectivity index (χ1n) is 14.7. The zero-order chi connectivity index (χ0) is 30.5. The van der Waals surface area contributed by atoms with E-state index in [-0.39, 0.29) is 11.9 Å². The Morgan fingerprint density at radius 3 is 2.52 bits per heavy atom. The molecule has 2 aliphatic heterocycles. The molecule has 1 fully saturated rings. The van der Waals surface area contributed by atoms with Crippen LogP contribution in [0.5, 0.6) is 23.0 Å².